The molecule has 12 nitrogen and oxygen atoms in total. The second-order valence-corrected chi connectivity index (χ2v) is 13.9. The number of halogens is 4. The fraction of sp³-hybridized carbons (Fsp3) is 0.412. The summed E-state index contributed by atoms with van der Waals surface area (Å²) in [6, 6.07) is 6.73. The number of rotatable bonds is 10. The molecule has 50 heavy (non-hydrogen) atoms. The van der Waals surface area contributed by atoms with Crippen molar-refractivity contribution >= 4 is 29.6 Å². The lowest BCUT2D eigenvalue weighted by atomic mass is 10.0. The van der Waals surface area contributed by atoms with Gasteiger partial charge in [0.05, 0.1) is 29.0 Å². The first-order valence-electron chi connectivity index (χ1n) is 16.0. The summed E-state index contributed by atoms with van der Waals surface area (Å²) in [6.07, 6.45) is 2.86. The minimum atomic E-state index is -2.96. The van der Waals surface area contributed by atoms with Crippen molar-refractivity contribution in [3.63, 3.8) is 0 Å². The maximum Gasteiger partial charge on any atom is 0.407 e. The number of aromatic nitrogens is 5. The summed E-state index contributed by atoms with van der Waals surface area (Å²) < 4.78 is 50.8. The molecule has 4 aromatic rings. The number of benzene rings is 2. The highest BCUT2D eigenvalue weighted by Gasteiger charge is 2.41. The Morgan fingerprint density at radius 2 is 1.84 bits per heavy atom. The number of nitrogens with one attached hydrogen (secondary N) is 1. The normalized spacial score (nSPS) is 16.6. The van der Waals surface area contributed by atoms with Gasteiger partial charge in [-0.15, -0.1) is 0 Å². The number of aliphatic imine (C=N–C) groups is 1. The minimum absolute atomic E-state index is 0.00633. The predicted octanol–water partition coefficient (Wildman–Crippen LogP) is 6.93. The number of carbonyl (C=O) groups excluding carboxylic acids is 2. The first-order valence-corrected chi connectivity index (χ1v) is 16.4. The van der Waals surface area contributed by atoms with E-state index in [2.05, 4.69) is 53.2 Å². The van der Waals surface area contributed by atoms with Crippen LogP contribution >= 0.6 is 11.6 Å². The summed E-state index contributed by atoms with van der Waals surface area (Å²) in [5.74, 6) is -2.26. The Balaban J connectivity index is 0.000000908. The zero-order chi connectivity index (χ0) is 36.3. The van der Waals surface area contributed by atoms with Gasteiger partial charge in [-0.2, -0.15) is 10.2 Å². The van der Waals surface area contributed by atoms with Crippen molar-refractivity contribution in [3.05, 3.63) is 82.9 Å². The van der Waals surface area contributed by atoms with Gasteiger partial charge in [0.15, 0.2) is 17.8 Å². The number of carbonyl (C=O) groups is 2. The average molecular weight is 714 g/mol. The number of hydrogen-bond donors (Lipinski definition) is 2. The van der Waals surface area contributed by atoms with Crippen molar-refractivity contribution in [1.29, 1.82) is 0 Å². The van der Waals surface area contributed by atoms with Crippen molar-refractivity contribution in [2.45, 2.75) is 72.0 Å². The van der Waals surface area contributed by atoms with Crippen LogP contribution in [0.1, 0.15) is 89.0 Å². The van der Waals surface area contributed by atoms with Gasteiger partial charge >= 0.3 is 6.09 Å². The summed E-state index contributed by atoms with van der Waals surface area (Å²) in [6.45, 7) is 10.3. The molecule has 0 bridgehead atoms. The number of ether oxygens (including phenoxy) is 1. The van der Waals surface area contributed by atoms with E-state index in [4.69, 9.17) is 22.1 Å². The topological polar surface area (TPSA) is 146 Å². The van der Waals surface area contributed by atoms with Crippen LogP contribution in [0, 0.1) is 11.2 Å². The molecular weight excluding hydrogens is 675 g/mol. The largest absolute Gasteiger partial charge is 0.447 e. The Bertz CT molecular complexity index is 1880. The van der Waals surface area contributed by atoms with Crippen LogP contribution in [0.4, 0.5) is 18.0 Å². The third-order valence-electron chi connectivity index (χ3n) is 7.49. The zero-order valence-corrected chi connectivity index (χ0v) is 29.0. The third kappa shape index (κ3) is 8.44. The molecule has 16 heteroatoms. The monoisotopic (exact) mass is 713 g/mol. The molecular formula is C34H39ClF3N9O3. The maximum atomic E-state index is 15.5. The average Bonchev–Trinajstić information content (AvgIpc) is 3.43. The first-order chi connectivity index (χ1) is 23.7. The van der Waals surface area contributed by atoms with Crippen LogP contribution in [-0.2, 0) is 9.53 Å². The van der Waals surface area contributed by atoms with Gasteiger partial charge < -0.3 is 15.8 Å². The van der Waals surface area contributed by atoms with Crippen LogP contribution < -0.4 is 11.1 Å². The summed E-state index contributed by atoms with van der Waals surface area (Å²) in [5.41, 5.74) is 8.39. The van der Waals surface area contributed by atoms with Gasteiger partial charge in [0.2, 0.25) is 0 Å². The predicted molar refractivity (Wildman–Crippen MR) is 181 cm³/mol. The molecule has 1 aliphatic heterocycles. The molecule has 1 fully saturated rings. The molecule has 3 heterocycles. The Labute approximate surface area is 292 Å². The molecule has 3 N–H and O–H groups in total. The highest BCUT2D eigenvalue weighted by atomic mass is 35.5. The number of nitrogens with zero attached hydrogens (tertiary/aromatic N) is 7. The Morgan fingerprint density at radius 3 is 2.48 bits per heavy atom. The van der Waals surface area contributed by atoms with E-state index in [1.807, 2.05) is 10.9 Å². The van der Waals surface area contributed by atoms with Crippen molar-refractivity contribution < 1.29 is 27.5 Å². The van der Waals surface area contributed by atoms with Gasteiger partial charge in [-0.1, -0.05) is 57.5 Å². The molecule has 2 aromatic heterocycles. The van der Waals surface area contributed by atoms with E-state index in [1.165, 1.54) is 30.3 Å². The third-order valence-corrected chi connectivity index (χ3v) is 7.81. The minimum Gasteiger partial charge on any atom is -0.447 e. The number of amides is 2. The van der Waals surface area contributed by atoms with Crippen molar-refractivity contribution in [3.8, 4) is 16.8 Å². The van der Waals surface area contributed by atoms with E-state index >= 15 is 4.39 Å². The van der Waals surface area contributed by atoms with Gasteiger partial charge in [-0.25, -0.2) is 32.6 Å². The van der Waals surface area contributed by atoms with Crippen molar-refractivity contribution in [2.75, 3.05) is 13.2 Å². The molecule has 2 aliphatic rings. The van der Waals surface area contributed by atoms with E-state index in [9.17, 15) is 18.4 Å². The van der Waals surface area contributed by atoms with Gasteiger partial charge in [0.1, 0.15) is 18.8 Å². The van der Waals surface area contributed by atoms with Gasteiger partial charge in [-0.05, 0) is 54.5 Å². The molecule has 2 aromatic carbocycles. The van der Waals surface area contributed by atoms with Crippen LogP contribution in [0.2, 0.25) is 5.02 Å². The van der Waals surface area contributed by atoms with Crippen LogP contribution in [0.5, 0.6) is 0 Å². The van der Waals surface area contributed by atoms with E-state index in [-0.39, 0.29) is 28.8 Å². The molecule has 6 rings (SSSR count). The number of hydrogen-bond acceptors (Lipinski definition) is 8. The Morgan fingerprint density at radius 1 is 1.12 bits per heavy atom. The van der Waals surface area contributed by atoms with Crippen molar-refractivity contribution in [1.82, 2.24) is 34.8 Å². The summed E-state index contributed by atoms with van der Waals surface area (Å²) >= 11 is 6.35. The highest BCUT2D eigenvalue weighted by Crippen LogP contribution is 2.38. The van der Waals surface area contributed by atoms with E-state index in [0.717, 1.165) is 34.3 Å². The number of guanidine groups is 1. The number of alkyl carbamates (subject to hydrolysis) is 1. The SMILES string of the molecule is CC(C)(C)C.CCNC(=O)OCC(c1ccc(Cl)c(-n2ncnc2C(F)F)c1)N1C(=O)C(c2ccc(-c3cnn(C4CC4)c3)cc2F)N=C1N. The summed E-state index contributed by atoms with van der Waals surface area (Å²) in [4.78, 5) is 35.0. The van der Waals surface area contributed by atoms with Gasteiger partial charge in [0, 0.05) is 23.9 Å². The van der Waals surface area contributed by atoms with Gasteiger partial charge in [0.25, 0.3) is 12.3 Å². The van der Waals surface area contributed by atoms with Crippen LogP contribution in [0.3, 0.4) is 0 Å². The van der Waals surface area contributed by atoms with Gasteiger partial charge in [-0.3, -0.25) is 14.4 Å². The molecule has 0 spiro atoms. The molecule has 2 amide bonds. The number of nitrogens with two attached hydrogens (primary N) is 1. The first kappa shape index (κ1) is 36.4. The molecule has 0 radical (unpaired) electrons. The molecule has 2 atom stereocenters. The molecule has 2 unspecified atom stereocenters. The Hall–Kier alpha value is -4.92. The second-order valence-electron chi connectivity index (χ2n) is 13.5. The fourth-order valence-electron chi connectivity index (χ4n) is 5.12. The van der Waals surface area contributed by atoms with E-state index in [1.54, 1.807) is 19.2 Å². The van der Waals surface area contributed by atoms with Crippen LogP contribution in [0.15, 0.2) is 60.1 Å². The smallest absolute Gasteiger partial charge is 0.407 e. The highest BCUT2D eigenvalue weighted by molar-refractivity contribution is 6.32. The van der Waals surface area contributed by atoms with E-state index in [0.29, 0.717) is 22.6 Å². The van der Waals surface area contributed by atoms with Crippen molar-refractivity contribution in [2.24, 2.45) is 16.1 Å². The number of alkyl halides is 2. The Kier molecular flexibility index (Phi) is 10.8. The lowest BCUT2D eigenvalue weighted by molar-refractivity contribution is -0.129. The maximum absolute atomic E-state index is 15.5. The molecule has 266 valence electrons. The summed E-state index contributed by atoms with van der Waals surface area (Å²) in [7, 11) is 0. The fourth-order valence-corrected chi connectivity index (χ4v) is 5.32. The molecule has 1 saturated carbocycles. The summed E-state index contributed by atoms with van der Waals surface area (Å²) in [5, 5.41) is 10.8. The van der Waals surface area contributed by atoms with Crippen LogP contribution in [0.25, 0.3) is 16.8 Å². The van der Waals surface area contributed by atoms with Crippen LogP contribution in [-0.4, -0.2) is 60.6 Å². The second kappa shape index (κ2) is 14.9. The standard InChI is InChI=1S/C29H27ClF3N9O3.C5H12/c1-2-35-29(44)45-13-23(16-4-8-20(30)22(10-16)42-26(25(32)33)36-14-38-42)41-27(43)24(39-28(41)34)19-7-3-15(9-21(19)31)17-11-37-40(12-17)18-5-6-18;1-5(2,3)4/h3-4,7-12,14,18,23-25H,2,5-6,13H2,1H3,(H2,34,39)(H,35,44);1-4H3. The zero-order valence-electron chi connectivity index (χ0n) is 28.3. The van der Waals surface area contributed by atoms with E-state index < -0.39 is 48.8 Å². The molecule has 0 saturated heterocycles. The molecule has 1 aliphatic carbocycles. The lowest BCUT2D eigenvalue weighted by Crippen LogP contribution is -2.43. The lowest BCUT2D eigenvalue weighted by Gasteiger charge is -2.28. The quantitative estimate of drug-likeness (QED) is 0.181.